The summed E-state index contributed by atoms with van der Waals surface area (Å²) in [6.07, 6.45) is 0. The van der Waals surface area contributed by atoms with Crippen LogP contribution in [0.4, 0.5) is 0 Å². The van der Waals surface area contributed by atoms with E-state index in [9.17, 15) is 8.42 Å². The van der Waals surface area contributed by atoms with Gasteiger partial charge in [0.15, 0.2) is 0 Å². The van der Waals surface area contributed by atoms with Gasteiger partial charge in [0.2, 0.25) is 10.0 Å². The quantitative estimate of drug-likeness (QED) is 0.826. The molecule has 0 aliphatic carbocycles. The molecule has 5 nitrogen and oxygen atoms in total. The second kappa shape index (κ2) is 7.35. The molecule has 0 saturated heterocycles. The minimum absolute atomic E-state index is 0.0792. The van der Waals surface area contributed by atoms with Crippen LogP contribution in [0.15, 0.2) is 23.1 Å². The topological polar surface area (TPSA) is 66.6 Å². The minimum atomic E-state index is -3.48. The summed E-state index contributed by atoms with van der Waals surface area (Å²) >= 11 is 0. The largest absolute Gasteiger partial charge is 0.326 e. The van der Waals surface area contributed by atoms with Crippen LogP contribution in [0, 0.1) is 6.92 Å². The van der Waals surface area contributed by atoms with E-state index in [2.05, 4.69) is 0 Å². The highest BCUT2D eigenvalue weighted by atomic mass is 32.2. The third-order valence-electron chi connectivity index (χ3n) is 3.57. The summed E-state index contributed by atoms with van der Waals surface area (Å²) in [4.78, 5) is 2.33. The van der Waals surface area contributed by atoms with Gasteiger partial charge in [0.1, 0.15) is 0 Å². The number of aryl methyl sites for hydroxylation is 1. The van der Waals surface area contributed by atoms with Crippen LogP contribution >= 0.6 is 0 Å². The Morgan fingerprint density at radius 3 is 2.33 bits per heavy atom. The lowest BCUT2D eigenvalue weighted by molar-refractivity contribution is 0.271. The first-order chi connectivity index (χ1) is 9.73. The molecule has 21 heavy (non-hydrogen) atoms. The lowest BCUT2D eigenvalue weighted by atomic mass is 10.1. The number of benzene rings is 1. The fraction of sp³-hybridized carbons (Fsp3) is 0.600. The molecule has 1 rings (SSSR count). The van der Waals surface area contributed by atoms with E-state index in [1.165, 1.54) is 0 Å². The lowest BCUT2D eigenvalue weighted by Crippen LogP contribution is -2.43. The zero-order valence-electron chi connectivity index (χ0n) is 13.6. The van der Waals surface area contributed by atoms with Crippen molar-refractivity contribution in [2.75, 3.05) is 27.2 Å². The van der Waals surface area contributed by atoms with Crippen LogP contribution in [-0.4, -0.2) is 50.8 Å². The average Bonchev–Trinajstić information content (AvgIpc) is 2.38. The van der Waals surface area contributed by atoms with Gasteiger partial charge in [0.05, 0.1) is 4.90 Å². The molecular formula is C15H27N3O2S. The molecule has 1 atom stereocenters. The Morgan fingerprint density at radius 1 is 1.29 bits per heavy atom. The predicted molar refractivity (Wildman–Crippen MR) is 86.7 cm³/mol. The molecule has 120 valence electrons. The molecule has 0 amide bonds. The van der Waals surface area contributed by atoms with Gasteiger partial charge in [-0.1, -0.05) is 13.0 Å². The van der Waals surface area contributed by atoms with Crippen molar-refractivity contribution < 1.29 is 8.42 Å². The Balaban J connectivity index is 3.15. The monoisotopic (exact) mass is 313 g/mol. The smallest absolute Gasteiger partial charge is 0.243 e. The zero-order valence-corrected chi connectivity index (χ0v) is 14.4. The highest BCUT2D eigenvalue weighted by Gasteiger charge is 2.28. The van der Waals surface area contributed by atoms with Crippen molar-refractivity contribution >= 4 is 10.0 Å². The van der Waals surface area contributed by atoms with Crippen molar-refractivity contribution in [3.63, 3.8) is 0 Å². The Kier molecular flexibility index (Phi) is 6.34. The summed E-state index contributed by atoms with van der Waals surface area (Å²) in [5.41, 5.74) is 7.52. The van der Waals surface area contributed by atoms with Gasteiger partial charge in [0.25, 0.3) is 0 Å². The van der Waals surface area contributed by atoms with E-state index < -0.39 is 10.0 Å². The highest BCUT2D eigenvalue weighted by Crippen LogP contribution is 2.21. The van der Waals surface area contributed by atoms with E-state index in [1.807, 2.05) is 39.8 Å². The molecule has 0 radical (unpaired) electrons. The fourth-order valence-electron chi connectivity index (χ4n) is 2.53. The minimum Gasteiger partial charge on any atom is -0.326 e. The van der Waals surface area contributed by atoms with Crippen LogP contribution in [0.2, 0.25) is 0 Å². The summed E-state index contributed by atoms with van der Waals surface area (Å²) in [6.45, 7) is 7.25. The molecule has 0 spiro atoms. The Morgan fingerprint density at radius 2 is 1.90 bits per heavy atom. The maximum atomic E-state index is 12.8. The third-order valence-corrected chi connectivity index (χ3v) is 5.66. The molecule has 0 fully saturated rings. The third kappa shape index (κ3) is 4.26. The first-order valence-corrected chi connectivity index (χ1v) is 8.64. The van der Waals surface area contributed by atoms with Gasteiger partial charge >= 0.3 is 0 Å². The van der Waals surface area contributed by atoms with Gasteiger partial charge in [-0.3, -0.25) is 0 Å². The van der Waals surface area contributed by atoms with Crippen molar-refractivity contribution in [2.45, 2.75) is 38.3 Å². The van der Waals surface area contributed by atoms with Crippen molar-refractivity contribution in [3.05, 3.63) is 29.3 Å². The van der Waals surface area contributed by atoms with Crippen molar-refractivity contribution in [1.82, 2.24) is 9.21 Å². The van der Waals surface area contributed by atoms with Gasteiger partial charge in [0, 0.05) is 25.7 Å². The van der Waals surface area contributed by atoms with Crippen LogP contribution in [0.3, 0.4) is 0 Å². The van der Waals surface area contributed by atoms with Gasteiger partial charge in [-0.05, 0) is 51.2 Å². The molecule has 0 aromatic heterocycles. The SMILES string of the molecule is CCN(C(C)CN(C)C)S(=O)(=O)c1ccc(CN)c(C)c1. The fourth-order valence-corrected chi connectivity index (χ4v) is 4.25. The van der Waals surface area contributed by atoms with Crippen molar-refractivity contribution in [2.24, 2.45) is 5.73 Å². The lowest BCUT2D eigenvalue weighted by Gasteiger charge is -2.29. The van der Waals surface area contributed by atoms with E-state index >= 15 is 0 Å². The molecule has 6 heteroatoms. The zero-order chi connectivity index (χ0) is 16.2. The van der Waals surface area contributed by atoms with Gasteiger partial charge in [-0.15, -0.1) is 0 Å². The Hall–Kier alpha value is -0.950. The summed E-state index contributed by atoms with van der Waals surface area (Å²) in [6, 6.07) is 5.08. The molecule has 1 aromatic carbocycles. The molecule has 0 bridgehead atoms. The Bertz CT molecular complexity index is 570. The molecule has 2 N–H and O–H groups in total. The number of nitrogens with two attached hydrogens (primary N) is 1. The van der Waals surface area contributed by atoms with Crippen LogP contribution in [-0.2, 0) is 16.6 Å². The molecule has 0 saturated carbocycles. The number of nitrogens with zero attached hydrogens (tertiary/aromatic N) is 2. The summed E-state index contributed by atoms with van der Waals surface area (Å²) < 4.78 is 27.2. The van der Waals surface area contributed by atoms with E-state index in [1.54, 1.807) is 22.5 Å². The van der Waals surface area contributed by atoms with Crippen LogP contribution in [0.1, 0.15) is 25.0 Å². The number of hydrogen-bond acceptors (Lipinski definition) is 4. The predicted octanol–water partition coefficient (Wildman–Crippen LogP) is 1.41. The summed E-state index contributed by atoms with van der Waals surface area (Å²) in [5, 5.41) is 0. The number of hydrogen-bond donors (Lipinski definition) is 1. The normalized spacial score (nSPS) is 13.9. The average molecular weight is 313 g/mol. The standard InChI is InChI=1S/C15H27N3O2S/c1-6-18(13(3)11-17(4)5)21(19,20)15-8-7-14(10-16)12(2)9-15/h7-9,13H,6,10-11,16H2,1-5H3. The molecule has 0 aliphatic heterocycles. The molecule has 1 unspecified atom stereocenters. The second-order valence-corrected chi connectivity index (χ2v) is 7.50. The second-order valence-electron chi connectivity index (χ2n) is 5.61. The molecule has 0 aliphatic rings. The number of sulfonamides is 1. The number of rotatable bonds is 7. The van der Waals surface area contributed by atoms with Crippen LogP contribution in [0.5, 0.6) is 0 Å². The van der Waals surface area contributed by atoms with Crippen molar-refractivity contribution in [1.29, 1.82) is 0 Å². The highest BCUT2D eigenvalue weighted by molar-refractivity contribution is 7.89. The molecule has 0 heterocycles. The van der Waals surface area contributed by atoms with E-state index in [-0.39, 0.29) is 6.04 Å². The first-order valence-electron chi connectivity index (χ1n) is 7.20. The van der Waals surface area contributed by atoms with E-state index in [0.717, 1.165) is 11.1 Å². The number of likely N-dealkylation sites (N-methyl/N-ethyl adjacent to an activating group) is 2. The van der Waals surface area contributed by atoms with Gasteiger partial charge in [-0.25, -0.2) is 8.42 Å². The first kappa shape index (κ1) is 18.1. The van der Waals surface area contributed by atoms with Gasteiger partial charge in [-0.2, -0.15) is 4.31 Å². The van der Waals surface area contributed by atoms with Crippen LogP contribution < -0.4 is 5.73 Å². The maximum absolute atomic E-state index is 12.8. The van der Waals surface area contributed by atoms with Crippen molar-refractivity contribution in [3.8, 4) is 0 Å². The summed E-state index contributed by atoms with van der Waals surface area (Å²) in [7, 11) is 0.406. The maximum Gasteiger partial charge on any atom is 0.243 e. The Labute approximate surface area is 128 Å². The van der Waals surface area contributed by atoms with Crippen LogP contribution in [0.25, 0.3) is 0 Å². The molecule has 1 aromatic rings. The van der Waals surface area contributed by atoms with Gasteiger partial charge < -0.3 is 10.6 Å². The van der Waals surface area contributed by atoms with E-state index in [0.29, 0.717) is 24.5 Å². The van der Waals surface area contributed by atoms with E-state index in [4.69, 9.17) is 5.73 Å². The summed E-state index contributed by atoms with van der Waals surface area (Å²) in [5.74, 6) is 0. The molecular weight excluding hydrogens is 286 g/mol.